The van der Waals surface area contributed by atoms with Gasteiger partial charge in [0.1, 0.15) is 0 Å². The summed E-state index contributed by atoms with van der Waals surface area (Å²) in [7, 11) is 0. The van der Waals surface area contributed by atoms with E-state index in [1.165, 1.54) is 12.8 Å². The highest BCUT2D eigenvalue weighted by Crippen LogP contribution is 2.50. The van der Waals surface area contributed by atoms with Gasteiger partial charge in [-0.3, -0.25) is 9.59 Å². The highest BCUT2D eigenvalue weighted by Gasteiger charge is 2.57. The van der Waals surface area contributed by atoms with Gasteiger partial charge in [0.15, 0.2) is 0 Å². The van der Waals surface area contributed by atoms with Crippen LogP contribution in [0.25, 0.3) is 0 Å². The van der Waals surface area contributed by atoms with Gasteiger partial charge in [-0.05, 0) is 31.6 Å². The first-order chi connectivity index (χ1) is 9.98. The number of carboxylic acid groups (broad SMARTS) is 1. The molecule has 2 aliphatic carbocycles. The van der Waals surface area contributed by atoms with Gasteiger partial charge in [-0.15, -0.1) is 0 Å². The Balaban J connectivity index is 1.76. The minimum atomic E-state index is -0.689. The third kappa shape index (κ3) is 2.36. The van der Waals surface area contributed by atoms with Crippen LogP contribution >= 0.6 is 0 Å². The summed E-state index contributed by atoms with van der Waals surface area (Å²) in [5.74, 6) is -0.293. The Labute approximate surface area is 126 Å². The molecule has 0 radical (unpaired) electrons. The molecular formula is C17H27NO3. The summed E-state index contributed by atoms with van der Waals surface area (Å²) in [5.41, 5.74) is -0.897. The predicted molar refractivity (Wildman–Crippen MR) is 79.8 cm³/mol. The number of nitrogens with zero attached hydrogens (tertiary/aromatic N) is 1. The number of hydrogen-bond acceptors (Lipinski definition) is 2. The fourth-order valence-corrected chi connectivity index (χ4v) is 4.90. The first kappa shape index (κ1) is 14.9. The predicted octanol–water partition coefficient (Wildman–Crippen LogP) is 3.06. The largest absolute Gasteiger partial charge is 0.481 e. The fourth-order valence-electron chi connectivity index (χ4n) is 4.90. The van der Waals surface area contributed by atoms with Gasteiger partial charge in [0, 0.05) is 18.5 Å². The van der Waals surface area contributed by atoms with Gasteiger partial charge in [-0.25, -0.2) is 0 Å². The Bertz CT molecular complexity index is 439. The van der Waals surface area contributed by atoms with Crippen LogP contribution < -0.4 is 0 Å². The van der Waals surface area contributed by atoms with E-state index in [1.54, 1.807) is 0 Å². The minimum absolute atomic E-state index is 0.174. The van der Waals surface area contributed by atoms with Crippen molar-refractivity contribution in [3.05, 3.63) is 0 Å². The summed E-state index contributed by atoms with van der Waals surface area (Å²) < 4.78 is 0. The molecule has 3 rings (SSSR count). The van der Waals surface area contributed by atoms with Crippen molar-refractivity contribution in [2.75, 3.05) is 13.1 Å². The first-order valence-corrected chi connectivity index (χ1v) is 8.51. The van der Waals surface area contributed by atoms with E-state index >= 15 is 0 Å². The summed E-state index contributed by atoms with van der Waals surface area (Å²) >= 11 is 0. The molecule has 0 aromatic heterocycles. The van der Waals surface area contributed by atoms with Gasteiger partial charge in [0.2, 0.25) is 5.91 Å². The molecular weight excluding hydrogens is 266 g/mol. The second kappa shape index (κ2) is 5.29. The summed E-state index contributed by atoms with van der Waals surface area (Å²) in [6.07, 6.45) is 9.35. The molecule has 1 heterocycles. The molecule has 1 amide bonds. The van der Waals surface area contributed by atoms with E-state index in [1.807, 2.05) is 4.90 Å². The van der Waals surface area contributed by atoms with E-state index < -0.39 is 11.4 Å². The van der Waals surface area contributed by atoms with Crippen LogP contribution in [0, 0.1) is 16.7 Å². The van der Waals surface area contributed by atoms with Crippen LogP contribution in [0.1, 0.15) is 64.7 Å². The molecule has 4 nitrogen and oxygen atoms in total. The second-order valence-corrected chi connectivity index (χ2v) is 7.71. The summed E-state index contributed by atoms with van der Waals surface area (Å²) in [4.78, 5) is 26.6. The molecule has 1 aliphatic heterocycles. The molecule has 2 saturated carbocycles. The van der Waals surface area contributed by atoms with Crippen molar-refractivity contribution >= 4 is 11.9 Å². The van der Waals surface area contributed by atoms with E-state index in [0.29, 0.717) is 13.1 Å². The van der Waals surface area contributed by atoms with Crippen LogP contribution in [0.3, 0.4) is 0 Å². The number of carboxylic acids is 1. The quantitative estimate of drug-likeness (QED) is 0.796. The third-order valence-corrected chi connectivity index (χ3v) is 6.31. The lowest BCUT2D eigenvalue weighted by Crippen LogP contribution is -2.43. The van der Waals surface area contributed by atoms with Crippen molar-refractivity contribution in [1.82, 2.24) is 4.90 Å². The molecule has 3 aliphatic rings. The van der Waals surface area contributed by atoms with Gasteiger partial charge >= 0.3 is 5.97 Å². The summed E-state index contributed by atoms with van der Waals surface area (Å²) in [6, 6.07) is 0. The number of rotatable bonds is 2. The van der Waals surface area contributed by atoms with Crippen molar-refractivity contribution in [3.8, 4) is 0 Å². The molecule has 3 fully saturated rings. The molecule has 0 bridgehead atoms. The first-order valence-electron chi connectivity index (χ1n) is 8.51. The van der Waals surface area contributed by atoms with Crippen LogP contribution in [0.15, 0.2) is 0 Å². The maximum absolute atomic E-state index is 13.0. The number of fused-ring (bicyclic) bond motifs is 1. The zero-order valence-electron chi connectivity index (χ0n) is 13.1. The molecule has 0 aromatic carbocycles. The number of carbonyl (C=O) groups excluding carboxylic acids is 1. The highest BCUT2D eigenvalue weighted by molar-refractivity contribution is 5.85. The fraction of sp³-hybridized carbons (Fsp3) is 0.882. The van der Waals surface area contributed by atoms with Gasteiger partial charge in [0.25, 0.3) is 0 Å². The summed E-state index contributed by atoms with van der Waals surface area (Å²) in [6.45, 7) is 3.21. The van der Waals surface area contributed by atoms with E-state index in [-0.39, 0.29) is 17.2 Å². The van der Waals surface area contributed by atoms with E-state index in [0.717, 1.165) is 44.9 Å². The molecule has 2 atom stereocenters. The maximum atomic E-state index is 13.0. The van der Waals surface area contributed by atoms with Crippen LogP contribution in [0.2, 0.25) is 0 Å². The molecule has 21 heavy (non-hydrogen) atoms. The molecule has 1 N–H and O–H groups in total. The molecule has 1 saturated heterocycles. The van der Waals surface area contributed by atoms with Crippen LogP contribution in [0.5, 0.6) is 0 Å². The average molecular weight is 293 g/mol. The number of aliphatic carboxylic acids is 1. The lowest BCUT2D eigenvalue weighted by molar-refractivity contribution is -0.150. The number of amides is 1. The average Bonchev–Trinajstić information content (AvgIpc) is 2.92. The zero-order chi connectivity index (χ0) is 15.1. The number of carbonyl (C=O) groups is 2. The van der Waals surface area contributed by atoms with Crippen molar-refractivity contribution < 1.29 is 14.7 Å². The van der Waals surface area contributed by atoms with Crippen LogP contribution in [0.4, 0.5) is 0 Å². The molecule has 0 unspecified atom stereocenters. The van der Waals surface area contributed by atoms with Crippen molar-refractivity contribution in [2.45, 2.75) is 64.7 Å². The van der Waals surface area contributed by atoms with Crippen molar-refractivity contribution in [2.24, 2.45) is 16.7 Å². The number of hydrogen-bond donors (Lipinski definition) is 1. The maximum Gasteiger partial charge on any atom is 0.311 e. The standard InChI is InChI=1S/C17H27NO3/c1-16(8-4-2-3-5-9-16)14(19)18-11-13-7-6-10-17(13,12-18)15(20)21/h13H,2-12H2,1H3,(H,20,21)/t13-,17+/m0/s1. The van der Waals surface area contributed by atoms with Crippen molar-refractivity contribution in [3.63, 3.8) is 0 Å². The smallest absolute Gasteiger partial charge is 0.311 e. The Hall–Kier alpha value is -1.06. The van der Waals surface area contributed by atoms with E-state index in [4.69, 9.17) is 0 Å². The Kier molecular flexibility index (Phi) is 3.74. The molecule has 4 heteroatoms. The number of likely N-dealkylation sites (tertiary alicyclic amines) is 1. The summed E-state index contributed by atoms with van der Waals surface area (Å²) in [5, 5.41) is 9.66. The van der Waals surface area contributed by atoms with Crippen LogP contribution in [-0.2, 0) is 9.59 Å². The second-order valence-electron chi connectivity index (χ2n) is 7.71. The molecule has 0 aromatic rings. The third-order valence-electron chi connectivity index (χ3n) is 6.31. The minimum Gasteiger partial charge on any atom is -0.481 e. The SMILES string of the molecule is CC1(C(=O)N2C[C@@H]3CCC[C@@]3(C(=O)O)C2)CCCCCC1. The Morgan fingerprint density at radius 3 is 2.29 bits per heavy atom. The normalized spacial score (nSPS) is 35.3. The van der Waals surface area contributed by atoms with Gasteiger partial charge in [0.05, 0.1) is 5.41 Å². The Morgan fingerprint density at radius 1 is 1.05 bits per heavy atom. The van der Waals surface area contributed by atoms with E-state index in [9.17, 15) is 14.7 Å². The lowest BCUT2D eigenvalue weighted by atomic mass is 9.80. The van der Waals surface area contributed by atoms with Crippen LogP contribution in [-0.4, -0.2) is 35.0 Å². The Morgan fingerprint density at radius 2 is 1.71 bits per heavy atom. The molecule has 118 valence electrons. The van der Waals surface area contributed by atoms with Gasteiger partial charge < -0.3 is 10.0 Å². The zero-order valence-corrected chi connectivity index (χ0v) is 13.1. The van der Waals surface area contributed by atoms with E-state index in [2.05, 4.69) is 6.92 Å². The lowest BCUT2D eigenvalue weighted by Gasteiger charge is -2.32. The molecule has 0 spiro atoms. The van der Waals surface area contributed by atoms with Gasteiger partial charge in [-0.2, -0.15) is 0 Å². The van der Waals surface area contributed by atoms with Crippen molar-refractivity contribution in [1.29, 1.82) is 0 Å². The van der Waals surface area contributed by atoms with Gasteiger partial charge in [-0.1, -0.05) is 39.0 Å². The topological polar surface area (TPSA) is 57.6 Å². The monoisotopic (exact) mass is 293 g/mol. The highest BCUT2D eigenvalue weighted by atomic mass is 16.4.